The topological polar surface area (TPSA) is 95.5 Å². The fraction of sp³-hybridized carbons (Fsp3) is 0.684. The van der Waals surface area contributed by atoms with E-state index in [4.69, 9.17) is 14.0 Å². The van der Waals surface area contributed by atoms with Gasteiger partial charge in [-0.2, -0.15) is 10.1 Å². The zero-order valence-electron chi connectivity index (χ0n) is 16.2. The third-order valence-corrected chi connectivity index (χ3v) is 5.29. The Balaban J connectivity index is 1.26. The van der Waals surface area contributed by atoms with Crippen molar-refractivity contribution in [1.29, 1.82) is 0 Å². The molecule has 0 radical (unpaired) electrons. The Morgan fingerprint density at radius 2 is 2.18 bits per heavy atom. The van der Waals surface area contributed by atoms with Crippen LogP contribution < -0.4 is 0 Å². The van der Waals surface area contributed by atoms with Gasteiger partial charge in [-0.15, -0.1) is 0 Å². The van der Waals surface area contributed by atoms with E-state index in [9.17, 15) is 4.79 Å². The second kappa shape index (κ2) is 8.83. The molecule has 4 heterocycles. The van der Waals surface area contributed by atoms with E-state index in [1.165, 1.54) is 0 Å². The Hall–Kier alpha value is -2.26. The quantitative estimate of drug-likeness (QED) is 0.742. The van der Waals surface area contributed by atoms with Crippen LogP contribution >= 0.6 is 0 Å². The standard InChI is InChI=1S/C19H27N5O4/c1-14-9-20-24(10-14)12-18(25)23-6-2-3-16(11-23)27-13-17-21-19(28-22-17)15-4-7-26-8-5-15/h9-10,15-16H,2-8,11-13H2,1H3. The Morgan fingerprint density at radius 1 is 1.32 bits per heavy atom. The average Bonchev–Trinajstić information content (AvgIpc) is 3.36. The summed E-state index contributed by atoms with van der Waals surface area (Å²) in [6.07, 6.45) is 7.30. The molecule has 2 aliphatic rings. The molecule has 0 bridgehead atoms. The van der Waals surface area contributed by atoms with Crippen LogP contribution in [0.2, 0.25) is 0 Å². The van der Waals surface area contributed by atoms with Gasteiger partial charge in [0.1, 0.15) is 13.2 Å². The highest BCUT2D eigenvalue weighted by Crippen LogP contribution is 2.25. The highest BCUT2D eigenvalue weighted by molar-refractivity contribution is 5.76. The number of piperidine rings is 1. The molecule has 1 atom stereocenters. The molecule has 9 heteroatoms. The molecule has 4 rings (SSSR count). The van der Waals surface area contributed by atoms with Crippen molar-refractivity contribution in [1.82, 2.24) is 24.8 Å². The fourth-order valence-corrected chi connectivity index (χ4v) is 3.72. The van der Waals surface area contributed by atoms with Crippen LogP contribution in [0.25, 0.3) is 0 Å². The maximum Gasteiger partial charge on any atom is 0.244 e. The third-order valence-electron chi connectivity index (χ3n) is 5.29. The van der Waals surface area contributed by atoms with Gasteiger partial charge in [-0.3, -0.25) is 9.48 Å². The van der Waals surface area contributed by atoms with Crippen molar-refractivity contribution in [3.63, 3.8) is 0 Å². The first-order chi connectivity index (χ1) is 13.7. The van der Waals surface area contributed by atoms with E-state index in [0.29, 0.717) is 24.9 Å². The summed E-state index contributed by atoms with van der Waals surface area (Å²) in [5.41, 5.74) is 1.05. The van der Waals surface area contributed by atoms with Crippen molar-refractivity contribution >= 4 is 5.91 Å². The van der Waals surface area contributed by atoms with Gasteiger partial charge in [-0.05, 0) is 38.2 Å². The largest absolute Gasteiger partial charge is 0.381 e. The zero-order chi connectivity index (χ0) is 19.3. The van der Waals surface area contributed by atoms with E-state index >= 15 is 0 Å². The van der Waals surface area contributed by atoms with E-state index < -0.39 is 0 Å². The summed E-state index contributed by atoms with van der Waals surface area (Å²) in [6.45, 7) is 5.35. The number of rotatable bonds is 6. The Bertz CT molecular complexity index is 783. The van der Waals surface area contributed by atoms with Crippen LogP contribution in [0, 0.1) is 6.92 Å². The average molecular weight is 389 g/mol. The molecular formula is C19H27N5O4. The second-order valence-electron chi connectivity index (χ2n) is 7.57. The minimum absolute atomic E-state index is 0.0120. The van der Waals surface area contributed by atoms with E-state index in [2.05, 4.69) is 15.2 Å². The van der Waals surface area contributed by atoms with Gasteiger partial charge < -0.3 is 18.9 Å². The lowest BCUT2D eigenvalue weighted by Gasteiger charge is -2.32. The molecule has 28 heavy (non-hydrogen) atoms. The molecule has 2 aliphatic heterocycles. The van der Waals surface area contributed by atoms with Gasteiger partial charge in [0.05, 0.1) is 12.3 Å². The first-order valence-corrected chi connectivity index (χ1v) is 9.96. The molecule has 9 nitrogen and oxygen atoms in total. The molecule has 1 amide bonds. The molecule has 0 aromatic carbocycles. The summed E-state index contributed by atoms with van der Waals surface area (Å²) < 4.78 is 18.4. The predicted molar refractivity (Wildman–Crippen MR) is 98.4 cm³/mol. The van der Waals surface area contributed by atoms with E-state index in [-0.39, 0.29) is 24.5 Å². The van der Waals surface area contributed by atoms with Gasteiger partial charge in [0.2, 0.25) is 11.8 Å². The van der Waals surface area contributed by atoms with Crippen LogP contribution in [-0.2, 0) is 27.4 Å². The highest BCUT2D eigenvalue weighted by atomic mass is 16.5. The number of likely N-dealkylation sites (tertiary alicyclic amines) is 1. The van der Waals surface area contributed by atoms with Gasteiger partial charge in [0.25, 0.3) is 0 Å². The summed E-state index contributed by atoms with van der Waals surface area (Å²) in [5.74, 6) is 1.59. The first kappa shape index (κ1) is 19.1. The number of aromatic nitrogens is 4. The summed E-state index contributed by atoms with van der Waals surface area (Å²) in [7, 11) is 0. The van der Waals surface area contributed by atoms with Gasteiger partial charge >= 0.3 is 0 Å². The Kier molecular flexibility index (Phi) is 6.01. The molecule has 2 fully saturated rings. The molecule has 0 aliphatic carbocycles. The summed E-state index contributed by atoms with van der Waals surface area (Å²) in [4.78, 5) is 18.9. The minimum Gasteiger partial charge on any atom is -0.381 e. The van der Waals surface area contributed by atoms with Gasteiger partial charge in [0.15, 0.2) is 5.82 Å². The number of aryl methyl sites for hydroxylation is 1. The lowest BCUT2D eigenvalue weighted by molar-refractivity contribution is -0.136. The molecule has 0 saturated carbocycles. The maximum absolute atomic E-state index is 12.5. The molecule has 0 N–H and O–H groups in total. The monoisotopic (exact) mass is 389 g/mol. The summed E-state index contributed by atoms with van der Waals surface area (Å²) >= 11 is 0. The van der Waals surface area contributed by atoms with Crippen LogP contribution in [0.5, 0.6) is 0 Å². The predicted octanol–water partition coefficient (Wildman–Crippen LogP) is 1.68. The number of amides is 1. The van der Waals surface area contributed by atoms with Crippen LogP contribution in [0.4, 0.5) is 0 Å². The smallest absolute Gasteiger partial charge is 0.244 e. The molecular weight excluding hydrogens is 362 g/mol. The zero-order valence-corrected chi connectivity index (χ0v) is 16.2. The van der Waals surface area contributed by atoms with Crippen molar-refractivity contribution in [2.75, 3.05) is 26.3 Å². The number of ether oxygens (including phenoxy) is 2. The molecule has 0 spiro atoms. The second-order valence-corrected chi connectivity index (χ2v) is 7.57. The van der Waals surface area contributed by atoms with Crippen LogP contribution in [-0.4, -0.2) is 63.1 Å². The van der Waals surface area contributed by atoms with Crippen LogP contribution in [0.15, 0.2) is 16.9 Å². The first-order valence-electron chi connectivity index (χ1n) is 9.96. The molecule has 1 unspecified atom stereocenters. The van der Waals surface area contributed by atoms with Crippen molar-refractivity contribution < 1.29 is 18.8 Å². The van der Waals surface area contributed by atoms with Crippen molar-refractivity contribution in [2.45, 2.75) is 57.8 Å². The fourth-order valence-electron chi connectivity index (χ4n) is 3.72. The number of hydrogen-bond acceptors (Lipinski definition) is 7. The third kappa shape index (κ3) is 4.77. The van der Waals surface area contributed by atoms with Crippen molar-refractivity contribution in [2.24, 2.45) is 0 Å². The minimum atomic E-state index is -0.0120. The number of nitrogens with zero attached hydrogens (tertiary/aromatic N) is 5. The Morgan fingerprint density at radius 3 is 2.96 bits per heavy atom. The molecule has 2 aromatic rings. The molecule has 152 valence electrons. The summed E-state index contributed by atoms with van der Waals surface area (Å²) in [6, 6.07) is 0. The van der Waals surface area contributed by atoms with Crippen molar-refractivity contribution in [3.8, 4) is 0 Å². The van der Waals surface area contributed by atoms with Crippen LogP contribution in [0.1, 0.15) is 48.9 Å². The number of carbonyl (C=O) groups excluding carboxylic acids is 1. The van der Waals surface area contributed by atoms with E-state index in [0.717, 1.165) is 51.0 Å². The molecule has 2 saturated heterocycles. The SMILES string of the molecule is Cc1cnn(CC(=O)N2CCCC(OCc3noc(C4CCOCC4)n3)C2)c1. The number of hydrogen-bond donors (Lipinski definition) is 0. The normalized spacial score (nSPS) is 21.2. The van der Waals surface area contributed by atoms with Gasteiger partial charge in [0, 0.05) is 38.4 Å². The van der Waals surface area contributed by atoms with Gasteiger partial charge in [-0.25, -0.2) is 0 Å². The summed E-state index contributed by atoms with van der Waals surface area (Å²) in [5, 5.41) is 8.23. The number of carbonyl (C=O) groups is 1. The highest BCUT2D eigenvalue weighted by Gasteiger charge is 2.26. The lowest BCUT2D eigenvalue weighted by Crippen LogP contribution is -2.44. The van der Waals surface area contributed by atoms with E-state index in [1.807, 2.05) is 18.0 Å². The Labute approximate surface area is 164 Å². The lowest BCUT2D eigenvalue weighted by atomic mass is 10.0. The van der Waals surface area contributed by atoms with E-state index in [1.54, 1.807) is 10.9 Å². The molecule has 2 aromatic heterocycles. The maximum atomic E-state index is 12.5. The van der Waals surface area contributed by atoms with Crippen molar-refractivity contribution in [3.05, 3.63) is 29.7 Å². The van der Waals surface area contributed by atoms with Gasteiger partial charge in [-0.1, -0.05) is 5.16 Å². The van der Waals surface area contributed by atoms with Crippen LogP contribution in [0.3, 0.4) is 0 Å².